The Labute approximate surface area is 194 Å². The maximum atomic E-state index is 11.5. The number of guanidine groups is 1. The van der Waals surface area contributed by atoms with E-state index < -0.39 is 10.0 Å². The van der Waals surface area contributed by atoms with Crippen LogP contribution in [0.4, 0.5) is 0 Å². The Balaban J connectivity index is 0.00000420. The minimum absolute atomic E-state index is 0. The van der Waals surface area contributed by atoms with E-state index in [0.717, 1.165) is 51.8 Å². The van der Waals surface area contributed by atoms with Gasteiger partial charge in [0.2, 0.25) is 10.0 Å². The van der Waals surface area contributed by atoms with Gasteiger partial charge in [0.25, 0.3) is 0 Å². The standard InChI is InChI=1S/C19H39N5O3S.HI/c1-3-20-18(21-11-8-12-23-28(25,26)4-2)22-17-19(9-6-5-7-10-19)24-13-15-27-16-14-24;/h23H,3-17H2,1-2H3,(H2,20,21,22);1H. The fourth-order valence-electron chi connectivity index (χ4n) is 4.01. The van der Waals surface area contributed by atoms with Crippen LogP contribution in [0.3, 0.4) is 0 Å². The molecule has 0 bridgehead atoms. The minimum atomic E-state index is -3.12. The molecule has 172 valence electrons. The molecule has 0 aromatic heterocycles. The van der Waals surface area contributed by atoms with Gasteiger partial charge in [0.1, 0.15) is 0 Å². The Morgan fingerprint density at radius 3 is 2.38 bits per heavy atom. The van der Waals surface area contributed by atoms with Gasteiger partial charge < -0.3 is 15.4 Å². The van der Waals surface area contributed by atoms with E-state index >= 15 is 0 Å². The van der Waals surface area contributed by atoms with Crippen LogP contribution >= 0.6 is 24.0 Å². The third-order valence-corrected chi connectivity index (χ3v) is 7.09. The molecule has 2 aliphatic rings. The summed E-state index contributed by atoms with van der Waals surface area (Å²) < 4.78 is 31.1. The fourth-order valence-corrected chi connectivity index (χ4v) is 4.67. The smallest absolute Gasteiger partial charge is 0.211 e. The second-order valence-electron chi connectivity index (χ2n) is 7.66. The van der Waals surface area contributed by atoms with Crippen LogP contribution in [-0.4, -0.2) is 83.1 Å². The number of ether oxygens (including phenoxy) is 1. The first kappa shape index (κ1) is 26.9. The lowest BCUT2D eigenvalue weighted by molar-refractivity contribution is -0.0333. The topological polar surface area (TPSA) is 95.1 Å². The molecule has 0 spiro atoms. The van der Waals surface area contributed by atoms with Crippen molar-refractivity contribution in [3.63, 3.8) is 0 Å². The highest BCUT2D eigenvalue weighted by molar-refractivity contribution is 14.0. The van der Waals surface area contributed by atoms with Crippen LogP contribution in [-0.2, 0) is 14.8 Å². The molecule has 1 saturated heterocycles. The van der Waals surface area contributed by atoms with Gasteiger partial charge in [-0.3, -0.25) is 9.89 Å². The predicted molar refractivity (Wildman–Crippen MR) is 130 cm³/mol. The van der Waals surface area contributed by atoms with Crippen molar-refractivity contribution >= 4 is 40.0 Å². The number of nitrogens with zero attached hydrogens (tertiary/aromatic N) is 2. The molecule has 2 rings (SSSR count). The Morgan fingerprint density at radius 2 is 1.76 bits per heavy atom. The molecule has 1 aliphatic carbocycles. The summed E-state index contributed by atoms with van der Waals surface area (Å²) in [7, 11) is -3.12. The van der Waals surface area contributed by atoms with Gasteiger partial charge >= 0.3 is 0 Å². The third-order valence-electron chi connectivity index (χ3n) is 5.69. The largest absolute Gasteiger partial charge is 0.379 e. The molecule has 8 nitrogen and oxygen atoms in total. The predicted octanol–water partition coefficient (Wildman–Crippen LogP) is 1.52. The van der Waals surface area contributed by atoms with E-state index in [2.05, 4.69) is 27.2 Å². The van der Waals surface area contributed by atoms with Crippen LogP contribution in [0.5, 0.6) is 0 Å². The average Bonchev–Trinajstić information content (AvgIpc) is 2.73. The summed E-state index contributed by atoms with van der Waals surface area (Å²) in [6, 6.07) is 0. The fraction of sp³-hybridized carbons (Fsp3) is 0.947. The number of nitrogens with one attached hydrogen (secondary N) is 3. The molecule has 29 heavy (non-hydrogen) atoms. The normalized spacial score (nSPS) is 20.7. The van der Waals surface area contributed by atoms with Gasteiger partial charge in [-0.15, -0.1) is 24.0 Å². The van der Waals surface area contributed by atoms with E-state index in [-0.39, 0.29) is 35.3 Å². The van der Waals surface area contributed by atoms with Crippen molar-refractivity contribution < 1.29 is 13.2 Å². The number of aliphatic imine (C=N–C) groups is 1. The highest BCUT2D eigenvalue weighted by Crippen LogP contribution is 2.34. The van der Waals surface area contributed by atoms with Gasteiger partial charge in [0.05, 0.1) is 25.5 Å². The van der Waals surface area contributed by atoms with Crippen LogP contribution in [0.15, 0.2) is 4.99 Å². The van der Waals surface area contributed by atoms with Crippen molar-refractivity contribution in [3.05, 3.63) is 0 Å². The number of hydrogen-bond donors (Lipinski definition) is 3. The van der Waals surface area contributed by atoms with Crippen LogP contribution in [0.25, 0.3) is 0 Å². The van der Waals surface area contributed by atoms with Crippen molar-refractivity contribution in [2.45, 2.75) is 57.9 Å². The zero-order valence-corrected chi connectivity index (χ0v) is 21.2. The summed E-state index contributed by atoms with van der Waals surface area (Å²) in [5.41, 5.74) is 0.154. The van der Waals surface area contributed by atoms with E-state index in [1.165, 1.54) is 32.1 Å². The molecule has 1 heterocycles. The maximum Gasteiger partial charge on any atom is 0.211 e. The highest BCUT2D eigenvalue weighted by Gasteiger charge is 2.38. The van der Waals surface area contributed by atoms with Crippen LogP contribution in [0.1, 0.15) is 52.4 Å². The van der Waals surface area contributed by atoms with Crippen LogP contribution in [0.2, 0.25) is 0 Å². The second-order valence-corrected chi connectivity index (χ2v) is 9.75. The Hall–Kier alpha value is -0.170. The summed E-state index contributed by atoms with van der Waals surface area (Å²) >= 11 is 0. The van der Waals surface area contributed by atoms with Crippen molar-refractivity contribution in [2.24, 2.45) is 4.99 Å². The van der Waals surface area contributed by atoms with Gasteiger partial charge in [-0.1, -0.05) is 19.3 Å². The van der Waals surface area contributed by atoms with E-state index in [1.54, 1.807) is 6.92 Å². The van der Waals surface area contributed by atoms with Crippen molar-refractivity contribution in [1.82, 2.24) is 20.3 Å². The lowest BCUT2D eigenvalue weighted by atomic mass is 9.80. The van der Waals surface area contributed by atoms with Crippen molar-refractivity contribution in [2.75, 3.05) is 58.2 Å². The molecule has 2 fully saturated rings. The number of halogens is 1. The Kier molecular flexibility index (Phi) is 13.0. The van der Waals surface area contributed by atoms with Gasteiger partial charge in [-0.25, -0.2) is 13.1 Å². The zero-order valence-electron chi connectivity index (χ0n) is 18.0. The first-order valence-electron chi connectivity index (χ1n) is 10.8. The maximum absolute atomic E-state index is 11.5. The molecule has 10 heteroatoms. The summed E-state index contributed by atoms with van der Waals surface area (Å²) in [6.45, 7) is 10.1. The van der Waals surface area contributed by atoms with Crippen LogP contribution < -0.4 is 15.4 Å². The second kappa shape index (κ2) is 14.0. The van der Waals surface area contributed by atoms with E-state index in [4.69, 9.17) is 9.73 Å². The molecule has 0 aromatic rings. The molecule has 0 unspecified atom stereocenters. The summed E-state index contributed by atoms with van der Waals surface area (Å²) in [4.78, 5) is 7.52. The molecule has 0 aromatic carbocycles. The lowest BCUT2D eigenvalue weighted by Crippen LogP contribution is -2.56. The van der Waals surface area contributed by atoms with Crippen molar-refractivity contribution in [1.29, 1.82) is 0 Å². The van der Waals surface area contributed by atoms with Gasteiger partial charge in [0, 0.05) is 38.3 Å². The summed E-state index contributed by atoms with van der Waals surface area (Å²) in [5, 5.41) is 6.66. The third kappa shape index (κ3) is 9.24. The number of morpholine rings is 1. The summed E-state index contributed by atoms with van der Waals surface area (Å²) in [6.07, 6.45) is 6.99. The molecule has 1 aliphatic heterocycles. The molecule has 3 N–H and O–H groups in total. The van der Waals surface area contributed by atoms with Crippen molar-refractivity contribution in [3.8, 4) is 0 Å². The summed E-state index contributed by atoms with van der Waals surface area (Å²) in [5.74, 6) is 0.938. The van der Waals surface area contributed by atoms with E-state index in [0.29, 0.717) is 13.1 Å². The average molecular weight is 546 g/mol. The molecular weight excluding hydrogens is 505 g/mol. The molecule has 1 saturated carbocycles. The SMILES string of the molecule is CCNC(=NCC1(N2CCOCC2)CCCCC1)NCCCNS(=O)(=O)CC.I. The Bertz CT molecular complexity index is 576. The van der Waals surface area contributed by atoms with Gasteiger partial charge in [0.15, 0.2) is 5.96 Å². The quantitative estimate of drug-likeness (QED) is 0.167. The molecule has 0 amide bonds. The van der Waals surface area contributed by atoms with Gasteiger partial charge in [-0.05, 0) is 33.1 Å². The number of rotatable bonds is 10. The van der Waals surface area contributed by atoms with Gasteiger partial charge in [-0.2, -0.15) is 0 Å². The zero-order chi connectivity index (χ0) is 20.3. The minimum Gasteiger partial charge on any atom is -0.379 e. The first-order valence-corrected chi connectivity index (χ1v) is 12.5. The highest BCUT2D eigenvalue weighted by atomic mass is 127. The molecular formula is C19H40IN5O3S. The molecule has 0 radical (unpaired) electrons. The van der Waals surface area contributed by atoms with Crippen LogP contribution in [0, 0.1) is 0 Å². The monoisotopic (exact) mass is 545 g/mol. The molecule has 0 atom stereocenters. The lowest BCUT2D eigenvalue weighted by Gasteiger charge is -2.47. The number of sulfonamides is 1. The number of hydrogen-bond acceptors (Lipinski definition) is 5. The van der Waals surface area contributed by atoms with E-state index in [9.17, 15) is 8.42 Å². The van der Waals surface area contributed by atoms with E-state index in [1.807, 2.05) is 0 Å². The Morgan fingerprint density at radius 1 is 1.07 bits per heavy atom. The first-order chi connectivity index (χ1) is 13.5.